The topological polar surface area (TPSA) is 79.1 Å². The first kappa shape index (κ1) is 7.81. The molecule has 4 heteroatoms. The van der Waals surface area contributed by atoms with Crippen molar-refractivity contribution in [3.8, 4) is 0 Å². The monoisotopic (exact) mass is 154 g/mol. The van der Waals surface area contributed by atoms with Crippen molar-refractivity contribution >= 4 is 5.97 Å². The van der Waals surface area contributed by atoms with Crippen molar-refractivity contribution in [1.82, 2.24) is 4.98 Å². The van der Waals surface area contributed by atoms with Gasteiger partial charge in [0, 0.05) is 11.7 Å². The Morgan fingerprint density at radius 3 is 2.64 bits per heavy atom. The lowest BCUT2D eigenvalue weighted by atomic mass is 10.3. The summed E-state index contributed by atoms with van der Waals surface area (Å²) >= 11 is 0. The van der Waals surface area contributed by atoms with Crippen LogP contribution in [-0.4, -0.2) is 16.1 Å². The number of carboxylic acids is 1. The minimum absolute atomic E-state index is 0.150. The van der Waals surface area contributed by atoms with E-state index in [1.54, 1.807) is 13.0 Å². The molecule has 0 bridgehead atoms. The molecule has 0 aliphatic carbocycles. The maximum atomic E-state index is 10.4. The zero-order valence-electron chi connectivity index (χ0n) is 6.16. The zero-order valence-corrected chi connectivity index (χ0v) is 6.16. The van der Waals surface area contributed by atoms with Gasteiger partial charge in [-0.1, -0.05) is 0 Å². The van der Waals surface area contributed by atoms with Crippen LogP contribution in [0.25, 0.3) is 0 Å². The van der Waals surface area contributed by atoms with Crippen molar-refractivity contribution in [3.05, 3.63) is 23.5 Å². The first-order valence-electron chi connectivity index (χ1n) is 3.29. The van der Waals surface area contributed by atoms with E-state index >= 15 is 0 Å². The van der Waals surface area contributed by atoms with Crippen LogP contribution >= 0.6 is 0 Å². The average molecular weight is 154 g/mol. The third kappa shape index (κ3) is 1.59. The standard InChI is InChI=1S/C7H10N2O2/c1-4(8)5-2-3-6(9-5)7(10)11/h2-4,9H,8H2,1H3,(H,10,11). The summed E-state index contributed by atoms with van der Waals surface area (Å²) in [6.45, 7) is 1.79. The Balaban J connectivity index is 2.90. The first-order valence-corrected chi connectivity index (χ1v) is 3.29. The summed E-state index contributed by atoms with van der Waals surface area (Å²) in [6, 6.07) is 3.03. The van der Waals surface area contributed by atoms with Crippen LogP contribution in [0.2, 0.25) is 0 Å². The molecule has 1 atom stereocenters. The predicted octanol–water partition coefficient (Wildman–Crippen LogP) is 0.733. The molecule has 0 spiro atoms. The number of carboxylic acid groups (broad SMARTS) is 1. The van der Waals surface area contributed by atoms with Crippen molar-refractivity contribution in [1.29, 1.82) is 0 Å². The van der Waals surface area contributed by atoms with Crippen molar-refractivity contribution in [3.63, 3.8) is 0 Å². The summed E-state index contributed by atoms with van der Waals surface area (Å²) in [6.07, 6.45) is 0. The van der Waals surface area contributed by atoms with Gasteiger partial charge in [0.25, 0.3) is 0 Å². The van der Waals surface area contributed by atoms with Crippen molar-refractivity contribution in [2.24, 2.45) is 5.73 Å². The van der Waals surface area contributed by atoms with E-state index in [0.717, 1.165) is 5.69 Å². The Hall–Kier alpha value is -1.29. The van der Waals surface area contributed by atoms with E-state index < -0.39 is 5.97 Å². The summed E-state index contributed by atoms with van der Waals surface area (Å²) in [4.78, 5) is 13.1. The molecule has 4 N–H and O–H groups in total. The molecular weight excluding hydrogens is 144 g/mol. The molecular formula is C7H10N2O2. The van der Waals surface area contributed by atoms with Crippen molar-refractivity contribution in [2.45, 2.75) is 13.0 Å². The predicted molar refractivity (Wildman–Crippen MR) is 40.4 cm³/mol. The molecule has 1 aromatic heterocycles. The van der Waals surface area contributed by atoms with E-state index in [4.69, 9.17) is 10.8 Å². The Morgan fingerprint density at radius 2 is 2.36 bits per heavy atom. The summed E-state index contributed by atoms with van der Waals surface area (Å²) < 4.78 is 0. The second-order valence-electron chi connectivity index (χ2n) is 2.42. The van der Waals surface area contributed by atoms with E-state index in [9.17, 15) is 4.79 Å². The van der Waals surface area contributed by atoms with E-state index in [1.165, 1.54) is 6.07 Å². The molecule has 1 aromatic rings. The molecule has 0 fully saturated rings. The van der Waals surface area contributed by atoms with Crippen LogP contribution in [0.4, 0.5) is 0 Å². The number of aromatic carboxylic acids is 1. The normalized spacial score (nSPS) is 12.9. The number of rotatable bonds is 2. The number of aromatic amines is 1. The number of hydrogen-bond donors (Lipinski definition) is 3. The highest BCUT2D eigenvalue weighted by Gasteiger charge is 2.07. The van der Waals surface area contributed by atoms with E-state index in [0.29, 0.717) is 0 Å². The quantitative estimate of drug-likeness (QED) is 0.587. The Kier molecular flexibility index (Phi) is 1.96. The lowest BCUT2D eigenvalue weighted by molar-refractivity contribution is 0.0691. The summed E-state index contributed by atoms with van der Waals surface area (Å²) in [5, 5.41) is 8.51. The molecule has 60 valence electrons. The van der Waals surface area contributed by atoms with Gasteiger partial charge < -0.3 is 15.8 Å². The van der Waals surface area contributed by atoms with Crippen molar-refractivity contribution < 1.29 is 9.90 Å². The fourth-order valence-electron chi connectivity index (χ4n) is 0.802. The lowest BCUT2D eigenvalue weighted by Crippen LogP contribution is -2.06. The first-order chi connectivity index (χ1) is 5.11. The molecule has 1 heterocycles. The number of aromatic nitrogens is 1. The van der Waals surface area contributed by atoms with Crippen LogP contribution in [0.3, 0.4) is 0 Å². The van der Waals surface area contributed by atoms with Crippen LogP contribution in [0, 0.1) is 0 Å². The Labute approximate surface area is 64.0 Å². The Bertz CT molecular complexity index is 265. The minimum Gasteiger partial charge on any atom is -0.477 e. The molecule has 0 amide bonds. The SMILES string of the molecule is CC(N)c1ccc(C(=O)O)[nH]1. The minimum atomic E-state index is -0.961. The maximum Gasteiger partial charge on any atom is 0.352 e. The molecule has 0 aliphatic rings. The highest BCUT2D eigenvalue weighted by Crippen LogP contribution is 2.08. The van der Waals surface area contributed by atoms with Gasteiger partial charge in [0.1, 0.15) is 5.69 Å². The van der Waals surface area contributed by atoms with Gasteiger partial charge in [-0.25, -0.2) is 4.79 Å². The van der Waals surface area contributed by atoms with Gasteiger partial charge in [0.2, 0.25) is 0 Å². The molecule has 0 saturated carbocycles. The number of hydrogen-bond acceptors (Lipinski definition) is 2. The van der Waals surface area contributed by atoms with Crippen LogP contribution < -0.4 is 5.73 Å². The average Bonchev–Trinajstić information content (AvgIpc) is 2.33. The molecule has 0 saturated heterocycles. The van der Waals surface area contributed by atoms with Crippen LogP contribution in [0.5, 0.6) is 0 Å². The fraction of sp³-hybridized carbons (Fsp3) is 0.286. The number of carbonyl (C=O) groups is 1. The third-order valence-electron chi connectivity index (χ3n) is 1.43. The number of H-pyrrole nitrogens is 1. The third-order valence-corrected chi connectivity index (χ3v) is 1.43. The smallest absolute Gasteiger partial charge is 0.352 e. The largest absolute Gasteiger partial charge is 0.477 e. The van der Waals surface area contributed by atoms with Gasteiger partial charge in [-0.2, -0.15) is 0 Å². The van der Waals surface area contributed by atoms with Crippen LogP contribution in [0.1, 0.15) is 29.1 Å². The number of nitrogens with one attached hydrogen (secondary N) is 1. The van der Waals surface area contributed by atoms with Gasteiger partial charge in [-0.15, -0.1) is 0 Å². The van der Waals surface area contributed by atoms with Gasteiger partial charge in [0.05, 0.1) is 0 Å². The number of nitrogens with two attached hydrogens (primary N) is 1. The molecule has 1 unspecified atom stereocenters. The molecule has 11 heavy (non-hydrogen) atoms. The second kappa shape index (κ2) is 2.75. The molecule has 0 radical (unpaired) electrons. The van der Waals surface area contributed by atoms with Crippen LogP contribution in [-0.2, 0) is 0 Å². The Morgan fingerprint density at radius 1 is 1.73 bits per heavy atom. The van der Waals surface area contributed by atoms with Gasteiger partial charge in [-0.05, 0) is 19.1 Å². The highest BCUT2D eigenvalue weighted by molar-refractivity contribution is 5.85. The van der Waals surface area contributed by atoms with Crippen molar-refractivity contribution in [2.75, 3.05) is 0 Å². The van der Waals surface area contributed by atoms with Gasteiger partial charge in [0.15, 0.2) is 0 Å². The zero-order chi connectivity index (χ0) is 8.43. The summed E-state index contributed by atoms with van der Waals surface area (Å²) in [5.74, 6) is -0.961. The molecule has 0 aromatic carbocycles. The molecule has 4 nitrogen and oxygen atoms in total. The second-order valence-corrected chi connectivity index (χ2v) is 2.42. The fourth-order valence-corrected chi connectivity index (χ4v) is 0.802. The van der Waals surface area contributed by atoms with E-state index in [-0.39, 0.29) is 11.7 Å². The molecule has 1 rings (SSSR count). The van der Waals surface area contributed by atoms with E-state index in [1.807, 2.05) is 0 Å². The lowest BCUT2D eigenvalue weighted by Gasteiger charge is -1.98. The highest BCUT2D eigenvalue weighted by atomic mass is 16.4. The van der Waals surface area contributed by atoms with E-state index in [2.05, 4.69) is 4.98 Å². The maximum absolute atomic E-state index is 10.4. The summed E-state index contributed by atoms with van der Waals surface area (Å²) in [5.41, 5.74) is 6.42. The van der Waals surface area contributed by atoms with Gasteiger partial charge >= 0.3 is 5.97 Å². The van der Waals surface area contributed by atoms with Crippen LogP contribution in [0.15, 0.2) is 12.1 Å². The molecule has 0 aliphatic heterocycles. The summed E-state index contributed by atoms with van der Waals surface area (Å²) in [7, 11) is 0. The van der Waals surface area contributed by atoms with Gasteiger partial charge in [-0.3, -0.25) is 0 Å².